The molecule has 0 aliphatic heterocycles. The van der Waals surface area contributed by atoms with Crippen LogP contribution in [-0.2, 0) is 0 Å². The number of allylic oxidation sites excluding steroid dienone is 1. The molecule has 9 nitrogen and oxygen atoms in total. The molecular formula is C17H19BrClN7O2. The van der Waals surface area contributed by atoms with Crippen LogP contribution in [0.2, 0.25) is 5.02 Å². The summed E-state index contributed by atoms with van der Waals surface area (Å²) >= 11 is 9.24. The van der Waals surface area contributed by atoms with Gasteiger partial charge in [0.2, 0.25) is 0 Å². The summed E-state index contributed by atoms with van der Waals surface area (Å²) in [4.78, 5) is 24.6. The Morgan fingerprint density at radius 1 is 1.46 bits per heavy atom. The Labute approximate surface area is 175 Å². The predicted octanol–water partition coefficient (Wildman–Crippen LogP) is 1.78. The number of nitrogens with two attached hydrogens (primary N) is 3. The van der Waals surface area contributed by atoms with Crippen molar-refractivity contribution < 1.29 is 9.53 Å². The second-order valence-electron chi connectivity index (χ2n) is 5.46. The molecule has 1 amide bonds. The fourth-order valence-corrected chi connectivity index (χ4v) is 2.71. The van der Waals surface area contributed by atoms with E-state index in [4.69, 9.17) is 33.5 Å². The van der Waals surface area contributed by atoms with Crippen LogP contribution in [-0.4, -0.2) is 35.7 Å². The highest BCUT2D eigenvalue weighted by Gasteiger charge is 2.15. The number of benzene rings is 1. The zero-order valence-corrected chi connectivity index (χ0v) is 17.2. The molecule has 0 radical (unpaired) electrons. The van der Waals surface area contributed by atoms with Crippen molar-refractivity contribution in [2.24, 2.45) is 16.5 Å². The number of anilines is 1. The number of amides is 1. The highest BCUT2D eigenvalue weighted by Crippen LogP contribution is 2.26. The first-order valence-electron chi connectivity index (χ1n) is 7.97. The third-order valence-corrected chi connectivity index (χ3v) is 4.16. The van der Waals surface area contributed by atoms with E-state index in [0.717, 1.165) is 5.56 Å². The van der Waals surface area contributed by atoms with E-state index in [0.29, 0.717) is 15.4 Å². The standard InChI is InChI=1S/C17H19BrClN7O2/c1-28-12-3-9(2-10(19)4-12)13(6-21)23-7-11(5-20)25-17(27)15-16(22)24-8-14(18)26-15/h2-5,7-8,13H,6,20-21H2,1H3,(H2,22,24)(H,25,27). The van der Waals surface area contributed by atoms with Crippen molar-refractivity contribution in [2.75, 3.05) is 19.4 Å². The van der Waals surface area contributed by atoms with Gasteiger partial charge in [0.05, 0.1) is 25.0 Å². The molecule has 0 aliphatic carbocycles. The Balaban J connectivity index is 2.18. The van der Waals surface area contributed by atoms with E-state index < -0.39 is 11.9 Å². The third-order valence-electron chi connectivity index (χ3n) is 3.55. The molecule has 0 bridgehead atoms. The van der Waals surface area contributed by atoms with Gasteiger partial charge >= 0.3 is 0 Å². The van der Waals surface area contributed by atoms with Gasteiger partial charge in [-0.15, -0.1) is 0 Å². The number of methoxy groups -OCH3 is 1. The van der Waals surface area contributed by atoms with Crippen molar-refractivity contribution in [1.82, 2.24) is 15.3 Å². The summed E-state index contributed by atoms with van der Waals surface area (Å²) < 4.78 is 5.58. The SMILES string of the molecule is COc1cc(Cl)cc(C(CN)N=CC(=CN)NC(=O)c2nc(Br)cnc2N)c1. The number of rotatable bonds is 7. The van der Waals surface area contributed by atoms with Gasteiger partial charge in [0.15, 0.2) is 11.5 Å². The van der Waals surface area contributed by atoms with E-state index >= 15 is 0 Å². The zero-order valence-electron chi connectivity index (χ0n) is 14.9. The van der Waals surface area contributed by atoms with E-state index in [1.807, 2.05) is 0 Å². The number of hydrogen-bond donors (Lipinski definition) is 4. The summed E-state index contributed by atoms with van der Waals surface area (Å²) in [5.41, 5.74) is 18.0. The molecule has 1 atom stereocenters. The first-order valence-corrected chi connectivity index (χ1v) is 9.14. The number of carbonyl (C=O) groups is 1. The van der Waals surface area contributed by atoms with Crippen molar-refractivity contribution in [2.45, 2.75) is 6.04 Å². The molecule has 0 saturated heterocycles. The highest BCUT2D eigenvalue weighted by atomic mass is 79.9. The summed E-state index contributed by atoms with van der Waals surface area (Å²) in [6.45, 7) is 0.204. The molecular weight excluding hydrogens is 450 g/mol. The molecule has 0 saturated carbocycles. The van der Waals surface area contributed by atoms with Crippen LogP contribution in [0.5, 0.6) is 5.75 Å². The van der Waals surface area contributed by atoms with Gasteiger partial charge in [-0.3, -0.25) is 9.79 Å². The van der Waals surface area contributed by atoms with Gasteiger partial charge in [-0.05, 0) is 39.7 Å². The average molecular weight is 469 g/mol. The Kier molecular flexibility index (Phi) is 7.73. The summed E-state index contributed by atoms with van der Waals surface area (Å²) in [5.74, 6) is -0.00853. The van der Waals surface area contributed by atoms with E-state index in [9.17, 15) is 4.79 Å². The van der Waals surface area contributed by atoms with Gasteiger partial charge in [-0.1, -0.05) is 11.6 Å². The van der Waals surface area contributed by atoms with Crippen LogP contribution >= 0.6 is 27.5 Å². The fourth-order valence-electron chi connectivity index (χ4n) is 2.20. The van der Waals surface area contributed by atoms with Crippen LogP contribution < -0.4 is 27.3 Å². The lowest BCUT2D eigenvalue weighted by Gasteiger charge is -2.13. The molecule has 1 aromatic heterocycles. The molecule has 1 heterocycles. The second kappa shape index (κ2) is 10.0. The van der Waals surface area contributed by atoms with Crippen LogP contribution in [0.15, 0.2) is 45.9 Å². The number of nitrogens with one attached hydrogen (secondary N) is 1. The molecule has 28 heavy (non-hydrogen) atoms. The van der Waals surface area contributed by atoms with Gasteiger partial charge in [0.1, 0.15) is 10.4 Å². The molecule has 2 aromatic rings. The summed E-state index contributed by atoms with van der Waals surface area (Å²) in [7, 11) is 1.54. The van der Waals surface area contributed by atoms with Crippen molar-refractivity contribution in [3.05, 3.63) is 57.2 Å². The lowest BCUT2D eigenvalue weighted by Crippen LogP contribution is -2.27. The monoisotopic (exact) mass is 467 g/mol. The van der Waals surface area contributed by atoms with Gasteiger partial charge in [0.25, 0.3) is 5.91 Å². The minimum atomic E-state index is -0.580. The van der Waals surface area contributed by atoms with Crippen LogP contribution in [0.3, 0.4) is 0 Å². The fraction of sp³-hybridized carbons (Fsp3) is 0.176. The molecule has 1 aromatic carbocycles. The second-order valence-corrected chi connectivity index (χ2v) is 6.71. The smallest absolute Gasteiger partial charge is 0.278 e. The minimum absolute atomic E-state index is 0.0140. The third kappa shape index (κ3) is 5.65. The van der Waals surface area contributed by atoms with Crippen molar-refractivity contribution in [1.29, 1.82) is 0 Å². The maximum absolute atomic E-state index is 12.4. The van der Waals surface area contributed by atoms with Crippen LogP contribution in [0, 0.1) is 0 Å². The molecule has 148 valence electrons. The van der Waals surface area contributed by atoms with E-state index in [-0.39, 0.29) is 23.8 Å². The Hall–Kier alpha value is -2.69. The van der Waals surface area contributed by atoms with Crippen molar-refractivity contribution >= 4 is 45.5 Å². The molecule has 0 fully saturated rings. The lowest BCUT2D eigenvalue weighted by atomic mass is 10.1. The number of carbonyl (C=O) groups excluding carboxylic acids is 1. The summed E-state index contributed by atoms with van der Waals surface area (Å²) in [6, 6.07) is 4.77. The maximum Gasteiger partial charge on any atom is 0.278 e. The van der Waals surface area contributed by atoms with Crippen molar-refractivity contribution in [3.8, 4) is 5.75 Å². The number of hydrogen-bond acceptors (Lipinski definition) is 8. The predicted molar refractivity (Wildman–Crippen MR) is 112 cm³/mol. The molecule has 0 aliphatic rings. The maximum atomic E-state index is 12.4. The van der Waals surface area contributed by atoms with Crippen LogP contribution in [0.1, 0.15) is 22.1 Å². The normalized spacial score (nSPS) is 12.8. The van der Waals surface area contributed by atoms with Crippen LogP contribution in [0.25, 0.3) is 0 Å². The van der Waals surface area contributed by atoms with Crippen LogP contribution in [0.4, 0.5) is 5.82 Å². The van der Waals surface area contributed by atoms with Gasteiger partial charge in [-0.2, -0.15) is 0 Å². The molecule has 1 unspecified atom stereocenters. The average Bonchev–Trinajstić information content (AvgIpc) is 2.68. The Morgan fingerprint density at radius 3 is 2.86 bits per heavy atom. The number of nitrogens with zero attached hydrogens (tertiary/aromatic N) is 3. The first-order chi connectivity index (χ1) is 13.4. The highest BCUT2D eigenvalue weighted by molar-refractivity contribution is 9.10. The Morgan fingerprint density at radius 2 is 2.21 bits per heavy atom. The summed E-state index contributed by atoms with van der Waals surface area (Å²) in [6.07, 6.45) is 3.97. The zero-order chi connectivity index (χ0) is 20.7. The van der Waals surface area contributed by atoms with E-state index in [2.05, 4.69) is 36.2 Å². The quantitative estimate of drug-likeness (QED) is 0.451. The molecule has 2 rings (SSSR count). The van der Waals surface area contributed by atoms with Crippen molar-refractivity contribution in [3.63, 3.8) is 0 Å². The Bertz CT molecular complexity index is 920. The minimum Gasteiger partial charge on any atom is -0.497 e. The number of aromatic nitrogens is 2. The number of aliphatic imine (C=N–C) groups is 1. The molecule has 11 heteroatoms. The number of nitrogen functional groups attached to an aromatic ring is 1. The number of ether oxygens (including phenoxy) is 1. The van der Waals surface area contributed by atoms with Gasteiger partial charge in [0, 0.05) is 24.0 Å². The first kappa shape index (κ1) is 21.6. The number of halogens is 2. The topological polar surface area (TPSA) is 155 Å². The lowest BCUT2D eigenvalue weighted by molar-refractivity contribution is 0.0963. The van der Waals surface area contributed by atoms with Gasteiger partial charge < -0.3 is 27.3 Å². The molecule has 0 spiro atoms. The van der Waals surface area contributed by atoms with E-state index in [1.54, 1.807) is 18.2 Å². The van der Waals surface area contributed by atoms with Gasteiger partial charge in [-0.25, -0.2) is 9.97 Å². The molecule has 7 N–H and O–H groups in total. The summed E-state index contributed by atoms with van der Waals surface area (Å²) in [5, 5.41) is 3.06. The van der Waals surface area contributed by atoms with E-state index in [1.165, 1.54) is 25.7 Å². The largest absolute Gasteiger partial charge is 0.497 e.